The molecule has 1 N–H and O–H groups in total. The summed E-state index contributed by atoms with van der Waals surface area (Å²) >= 11 is 0. The molecule has 1 aliphatic rings. The van der Waals surface area contributed by atoms with Crippen molar-refractivity contribution in [3.8, 4) is 0 Å². The minimum absolute atomic E-state index is 0.550. The molecule has 0 aromatic heterocycles. The Kier molecular flexibility index (Phi) is 7.29. The summed E-state index contributed by atoms with van der Waals surface area (Å²) in [5.74, 6) is 1.94. The SMILES string of the molecule is CCCCC(NCCC1CCC(C)CC1)c1ccccc1. The molecule has 1 fully saturated rings. The molecule has 1 aliphatic carbocycles. The molecule has 1 aromatic carbocycles. The zero-order valence-corrected chi connectivity index (χ0v) is 14.0. The van der Waals surface area contributed by atoms with Gasteiger partial charge in [0.25, 0.3) is 0 Å². The van der Waals surface area contributed by atoms with Gasteiger partial charge in [0.2, 0.25) is 0 Å². The van der Waals surface area contributed by atoms with E-state index in [1.165, 1.54) is 63.5 Å². The molecule has 0 aliphatic heterocycles. The van der Waals surface area contributed by atoms with Crippen molar-refractivity contribution >= 4 is 0 Å². The van der Waals surface area contributed by atoms with Crippen LogP contribution in [0.3, 0.4) is 0 Å². The summed E-state index contributed by atoms with van der Waals surface area (Å²) in [6.45, 7) is 5.87. The van der Waals surface area contributed by atoms with Gasteiger partial charge in [-0.25, -0.2) is 0 Å². The Balaban J connectivity index is 1.76. The largest absolute Gasteiger partial charge is 0.310 e. The van der Waals surface area contributed by atoms with Crippen LogP contribution in [0.5, 0.6) is 0 Å². The summed E-state index contributed by atoms with van der Waals surface area (Å²) in [6, 6.07) is 11.5. The number of nitrogens with one attached hydrogen (secondary N) is 1. The van der Waals surface area contributed by atoms with Gasteiger partial charge in [-0.3, -0.25) is 0 Å². The lowest BCUT2D eigenvalue weighted by Gasteiger charge is -2.27. The van der Waals surface area contributed by atoms with Crippen molar-refractivity contribution in [3.05, 3.63) is 35.9 Å². The second-order valence-corrected chi connectivity index (χ2v) is 6.97. The predicted octanol–water partition coefficient (Wildman–Crippen LogP) is 5.72. The standard InChI is InChI=1S/C20H33N/c1-3-4-10-20(19-8-6-5-7-9-19)21-16-15-18-13-11-17(2)12-14-18/h5-9,17-18,20-21H,3-4,10-16H2,1-2H3. The van der Waals surface area contributed by atoms with Crippen molar-refractivity contribution in [1.29, 1.82) is 0 Å². The number of hydrogen-bond acceptors (Lipinski definition) is 1. The molecule has 0 heterocycles. The maximum atomic E-state index is 3.83. The molecule has 0 spiro atoms. The highest BCUT2D eigenvalue weighted by molar-refractivity contribution is 5.18. The molecule has 0 radical (unpaired) electrons. The van der Waals surface area contributed by atoms with E-state index in [0.29, 0.717) is 6.04 Å². The monoisotopic (exact) mass is 287 g/mol. The van der Waals surface area contributed by atoms with Gasteiger partial charge < -0.3 is 5.32 Å². The maximum absolute atomic E-state index is 3.83. The fourth-order valence-electron chi connectivity index (χ4n) is 3.56. The molecule has 21 heavy (non-hydrogen) atoms. The van der Waals surface area contributed by atoms with E-state index in [-0.39, 0.29) is 0 Å². The molecule has 0 bridgehead atoms. The molecule has 2 rings (SSSR count). The highest BCUT2D eigenvalue weighted by atomic mass is 14.9. The second-order valence-electron chi connectivity index (χ2n) is 6.97. The Labute approximate surface area is 131 Å². The Morgan fingerprint density at radius 2 is 1.81 bits per heavy atom. The van der Waals surface area contributed by atoms with Gasteiger partial charge in [0, 0.05) is 6.04 Å². The molecule has 0 saturated heterocycles. The first kappa shape index (κ1) is 16.5. The summed E-state index contributed by atoms with van der Waals surface area (Å²) in [7, 11) is 0. The topological polar surface area (TPSA) is 12.0 Å². The van der Waals surface area contributed by atoms with Crippen molar-refractivity contribution in [2.45, 2.75) is 71.3 Å². The van der Waals surface area contributed by atoms with Crippen LogP contribution in [0.1, 0.15) is 76.8 Å². The highest BCUT2D eigenvalue weighted by Crippen LogP contribution is 2.30. The first-order valence-corrected chi connectivity index (χ1v) is 9.08. The molecule has 1 heteroatoms. The molecular weight excluding hydrogens is 254 g/mol. The fraction of sp³-hybridized carbons (Fsp3) is 0.700. The van der Waals surface area contributed by atoms with Gasteiger partial charge in [-0.2, -0.15) is 0 Å². The fourth-order valence-corrected chi connectivity index (χ4v) is 3.56. The minimum Gasteiger partial charge on any atom is -0.310 e. The van der Waals surface area contributed by atoms with Crippen molar-refractivity contribution in [1.82, 2.24) is 5.32 Å². The van der Waals surface area contributed by atoms with E-state index in [4.69, 9.17) is 0 Å². The average molecular weight is 287 g/mol. The summed E-state index contributed by atoms with van der Waals surface area (Å²) in [4.78, 5) is 0. The smallest absolute Gasteiger partial charge is 0.0320 e. The van der Waals surface area contributed by atoms with E-state index in [9.17, 15) is 0 Å². The van der Waals surface area contributed by atoms with Crippen LogP contribution in [0.2, 0.25) is 0 Å². The first-order valence-electron chi connectivity index (χ1n) is 9.08. The van der Waals surface area contributed by atoms with E-state index in [2.05, 4.69) is 49.5 Å². The van der Waals surface area contributed by atoms with Gasteiger partial charge in [-0.1, -0.05) is 82.7 Å². The van der Waals surface area contributed by atoms with Crippen molar-refractivity contribution in [2.75, 3.05) is 6.54 Å². The zero-order valence-electron chi connectivity index (χ0n) is 14.0. The first-order chi connectivity index (χ1) is 10.3. The molecule has 1 nitrogen and oxygen atoms in total. The third-order valence-electron chi connectivity index (χ3n) is 5.13. The molecular formula is C20H33N. The maximum Gasteiger partial charge on any atom is 0.0320 e. The zero-order chi connectivity index (χ0) is 14.9. The summed E-state index contributed by atoms with van der Waals surface area (Å²) in [5, 5.41) is 3.83. The highest BCUT2D eigenvalue weighted by Gasteiger charge is 2.18. The van der Waals surface area contributed by atoms with Gasteiger partial charge in [-0.05, 0) is 36.8 Å². The minimum atomic E-state index is 0.550. The molecule has 0 amide bonds. The van der Waals surface area contributed by atoms with Crippen LogP contribution in [0.25, 0.3) is 0 Å². The third kappa shape index (κ3) is 5.82. The predicted molar refractivity (Wildman–Crippen MR) is 92.4 cm³/mol. The molecule has 1 unspecified atom stereocenters. The average Bonchev–Trinajstić information content (AvgIpc) is 2.53. The quantitative estimate of drug-likeness (QED) is 0.644. The molecule has 118 valence electrons. The van der Waals surface area contributed by atoms with Crippen LogP contribution in [0.15, 0.2) is 30.3 Å². The lowest BCUT2D eigenvalue weighted by atomic mass is 9.81. The summed E-state index contributed by atoms with van der Waals surface area (Å²) in [5.41, 5.74) is 1.46. The van der Waals surface area contributed by atoms with Crippen LogP contribution in [0.4, 0.5) is 0 Å². The van der Waals surface area contributed by atoms with E-state index in [0.717, 1.165) is 11.8 Å². The number of benzene rings is 1. The Morgan fingerprint density at radius 1 is 1.10 bits per heavy atom. The van der Waals surface area contributed by atoms with Crippen molar-refractivity contribution < 1.29 is 0 Å². The van der Waals surface area contributed by atoms with E-state index >= 15 is 0 Å². The Morgan fingerprint density at radius 3 is 2.48 bits per heavy atom. The van der Waals surface area contributed by atoms with E-state index < -0.39 is 0 Å². The van der Waals surface area contributed by atoms with E-state index in [1.807, 2.05) is 0 Å². The van der Waals surface area contributed by atoms with Gasteiger partial charge in [0.1, 0.15) is 0 Å². The van der Waals surface area contributed by atoms with Crippen LogP contribution in [-0.2, 0) is 0 Å². The van der Waals surface area contributed by atoms with Crippen LogP contribution in [-0.4, -0.2) is 6.54 Å². The lowest BCUT2D eigenvalue weighted by molar-refractivity contribution is 0.271. The van der Waals surface area contributed by atoms with Gasteiger partial charge in [0.15, 0.2) is 0 Å². The molecule has 1 saturated carbocycles. The lowest BCUT2D eigenvalue weighted by Crippen LogP contribution is -2.25. The second kappa shape index (κ2) is 9.25. The normalized spacial score (nSPS) is 23.9. The number of unbranched alkanes of at least 4 members (excludes halogenated alkanes) is 1. The van der Waals surface area contributed by atoms with Crippen molar-refractivity contribution in [3.63, 3.8) is 0 Å². The van der Waals surface area contributed by atoms with Gasteiger partial charge in [-0.15, -0.1) is 0 Å². The number of rotatable bonds is 8. The third-order valence-corrected chi connectivity index (χ3v) is 5.13. The van der Waals surface area contributed by atoms with Crippen molar-refractivity contribution in [2.24, 2.45) is 11.8 Å². The molecule has 1 aromatic rings. The van der Waals surface area contributed by atoms with E-state index in [1.54, 1.807) is 0 Å². The van der Waals surface area contributed by atoms with Gasteiger partial charge in [0.05, 0.1) is 0 Å². The molecule has 1 atom stereocenters. The summed E-state index contributed by atoms with van der Waals surface area (Å²) < 4.78 is 0. The Bertz CT molecular complexity index is 365. The number of hydrogen-bond donors (Lipinski definition) is 1. The van der Waals surface area contributed by atoms with Gasteiger partial charge >= 0.3 is 0 Å². The Hall–Kier alpha value is -0.820. The van der Waals surface area contributed by atoms with Crippen LogP contribution in [0, 0.1) is 11.8 Å². The summed E-state index contributed by atoms with van der Waals surface area (Å²) in [6.07, 6.45) is 11.0. The van der Waals surface area contributed by atoms with Crippen LogP contribution < -0.4 is 5.32 Å². The van der Waals surface area contributed by atoms with Crippen LogP contribution >= 0.6 is 0 Å².